The molecular weight excluding hydrogens is 164 g/mol. The maximum Gasteiger partial charge on any atom is 0.152 e. The molecule has 2 nitrogen and oxygen atoms in total. The monoisotopic (exact) mass is 172 g/mol. The molecule has 60 valence electrons. The Hall–Kier alpha value is -0.890. The average Bonchev–Trinajstić information content (AvgIpc) is 2.01. The van der Waals surface area contributed by atoms with Gasteiger partial charge in [-0.15, -0.1) is 0 Å². The third-order valence-electron chi connectivity index (χ3n) is 1.67. The van der Waals surface area contributed by atoms with Gasteiger partial charge >= 0.3 is 0 Å². The van der Waals surface area contributed by atoms with Crippen LogP contribution in [0.3, 0.4) is 0 Å². The summed E-state index contributed by atoms with van der Waals surface area (Å²) in [5.41, 5.74) is 1.49. The lowest BCUT2D eigenvalue weighted by atomic mass is 10.1. The Morgan fingerprint density at radius 3 is 2.55 bits per heavy atom. The zero-order valence-corrected chi connectivity index (χ0v) is 7.14. The molecule has 0 saturated heterocycles. The van der Waals surface area contributed by atoms with Crippen molar-refractivity contribution in [2.24, 2.45) is 0 Å². The summed E-state index contributed by atoms with van der Waals surface area (Å²) in [7, 11) is 0. The Kier molecular flexibility index (Phi) is 2.25. The van der Waals surface area contributed by atoms with E-state index in [4.69, 9.17) is 11.9 Å². The first-order chi connectivity index (χ1) is 5.16. The Morgan fingerprint density at radius 2 is 2.00 bits per heavy atom. The standard InChI is InChI=1S/C8H9ClO2/c1-5-3-4-7(11-9)6(2)8(5)10/h3-4,10H,1-2H3. The average molecular weight is 173 g/mol. The van der Waals surface area contributed by atoms with Crippen molar-refractivity contribution >= 4 is 11.9 Å². The molecule has 0 aromatic heterocycles. The minimum Gasteiger partial charge on any atom is -0.507 e. The zero-order valence-electron chi connectivity index (χ0n) is 6.39. The van der Waals surface area contributed by atoms with E-state index < -0.39 is 0 Å². The van der Waals surface area contributed by atoms with Crippen molar-refractivity contribution in [1.82, 2.24) is 0 Å². The van der Waals surface area contributed by atoms with Crippen LogP contribution in [-0.4, -0.2) is 5.11 Å². The second kappa shape index (κ2) is 3.01. The summed E-state index contributed by atoms with van der Waals surface area (Å²) in [6.07, 6.45) is 0. The fraction of sp³-hybridized carbons (Fsp3) is 0.250. The Balaban J connectivity index is 3.25. The van der Waals surface area contributed by atoms with Crippen molar-refractivity contribution in [2.45, 2.75) is 13.8 Å². The number of benzene rings is 1. The molecule has 0 aliphatic heterocycles. The molecule has 3 heteroatoms. The van der Waals surface area contributed by atoms with Crippen LogP contribution in [0.25, 0.3) is 0 Å². The molecule has 1 N–H and O–H groups in total. The number of phenols is 1. The molecule has 0 fully saturated rings. The van der Waals surface area contributed by atoms with Gasteiger partial charge in [-0.25, -0.2) is 0 Å². The van der Waals surface area contributed by atoms with E-state index in [0.717, 1.165) is 5.56 Å². The van der Waals surface area contributed by atoms with Gasteiger partial charge in [0.05, 0.1) is 0 Å². The van der Waals surface area contributed by atoms with Crippen LogP contribution in [0.15, 0.2) is 12.1 Å². The molecule has 0 aliphatic carbocycles. The van der Waals surface area contributed by atoms with Crippen LogP contribution in [0.4, 0.5) is 0 Å². The third-order valence-corrected chi connectivity index (χ3v) is 1.83. The van der Waals surface area contributed by atoms with E-state index in [1.165, 1.54) is 0 Å². The van der Waals surface area contributed by atoms with Crippen LogP contribution in [0.1, 0.15) is 11.1 Å². The normalized spacial score (nSPS) is 9.73. The van der Waals surface area contributed by atoms with Crippen molar-refractivity contribution < 1.29 is 9.40 Å². The number of halogens is 1. The van der Waals surface area contributed by atoms with E-state index in [-0.39, 0.29) is 5.75 Å². The highest BCUT2D eigenvalue weighted by Crippen LogP contribution is 2.30. The van der Waals surface area contributed by atoms with Crippen molar-refractivity contribution in [2.75, 3.05) is 0 Å². The van der Waals surface area contributed by atoms with Crippen molar-refractivity contribution in [3.63, 3.8) is 0 Å². The molecule has 0 unspecified atom stereocenters. The Morgan fingerprint density at radius 1 is 1.36 bits per heavy atom. The van der Waals surface area contributed by atoms with E-state index in [2.05, 4.69) is 4.29 Å². The highest BCUT2D eigenvalue weighted by Gasteiger charge is 2.05. The van der Waals surface area contributed by atoms with Crippen LogP contribution >= 0.6 is 11.9 Å². The predicted octanol–water partition coefficient (Wildman–Crippen LogP) is 2.54. The summed E-state index contributed by atoms with van der Waals surface area (Å²) in [6.45, 7) is 3.57. The topological polar surface area (TPSA) is 29.5 Å². The fourth-order valence-electron chi connectivity index (χ4n) is 0.901. The molecule has 0 saturated carbocycles. The summed E-state index contributed by atoms with van der Waals surface area (Å²) >= 11 is 5.15. The number of aromatic hydroxyl groups is 1. The van der Waals surface area contributed by atoms with Gasteiger partial charge in [0.1, 0.15) is 17.6 Å². The first kappa shape index (κ1) is 8.21. The van der Waals surface area contributed by atoms with E-state index in [1.807, 2.05) is 6.92 Å². The highest BCUT2D eigenvalue weighted by molar-refractivity contribution is 6.09. The van der Waals surface area contributed by atoms with Gasteiger partial charge in [-0.2, -0.15) is 0 Å². The smallest absolute Gasteiger partial charge is 0.152 e. The molecule has 0 bridgehead atoms. The molecule has 11 heavy (non-hydrogen) atoms. The zero-order chi connectivity index (χ0) is 8.43. The molecule has 0 aliphatic rings. The maximum absolute atomic E-state index is 9.38. The van der Waals surface area contributed by atoms with Gasteiger partial charge in [0, 0.05) is 5.56 Å². The molecule has 0 heterocycles. The minimum absolute atomic E-state index is 0.239. The van der Waals surface area contributed by atoms with E-state index >= 15 is 0 Å². The van der Waals surface area contributed by atoms with E-state index in [9.17, 15) is 5.11 Å². The van der Waals surface area contributed by atoms with Crippen LogP contribution in [-0.2, 0) is 0 Å². The van der Waals surface area contributed by atoms with Crippen LogP contribution < -0.4 is 4.29 Å². The van der Waals surface area contributed by atoms with Gasteiger partial charge in [0.15, 0.2) is 5.75 Å². The lowest BCUT2D eigenvalue weighted by Crippen LogP contribution is -1.84. The summed E-state index contributed by atoms with van der Waals surface area (Å²) < 4.78 is 4.49. The summed E-state index contributed by atoms with van der Waals surface area (Å²) in [5.74, 6) is 0.734. The number of phenolic OH excluding ortho intramolecular Hbond substituents is 1. The summed E-state index contributed by atoms with van der Waals surface area (Å²) in [5, 5.41) is 9.38. The SMILES string of the molecule is Cc1ccc(OCl)c(C)c1O. The first-order valence-corrected chi connectivity index (χ1v) is 3.55. The number of hydrogen-bond acceptors (Lipinski definition) is 2. The second-order valence-corrected chi connectivity index (χ2v) is 2.59. The molecule has 0 amide bonds. The van der Waals surface area contributed by atoms with Gasteiger partial charge < -0.3 is 9.40 Å². The largest absolute Gasteiger partial charge is 0.507 e. The highest BCUT2D eigenvalue weighted by atomic mass is 35.5. The molecule has 0 atom stereocenters. The Bertz CT molecular complexity index is 271. The van der Waals surface area contributed by atoms with Gasteiger partial charge in [-0.05, 0) is 25.5 Å². The molecule has 0 radical (unpaired) electrons. The van der Waals surface area contributed by atoms with Crippen LogP contribution in [0.5, 0.6) is 11.5 Å². The van der Waals surface area contributed by atoms with Crippen molar-refractivity contribution in [3.05, 3.63) is 23.3 Å². The molecule has 0 spiro atoms. The minimum atomic E-state index is 0.239. The van der Waals surface area contributed by atoms with E-state index in [1.54, 1.807) is 19.1 Å². The number of rotatable bonds is 1. The third kappa shape index (κ3) is 1.40. The summed E-state index contributed by atoms with van der Waals surface area (Å²) in [6, 6.07) is 3.47. The lowest BCUT2D eigenvalue weighted by molar-refractivity contribution is 0.462. The molecule has 1 rings (SSSR count). The second-order valence-electron chi connectivity index (χ2n) is 2.43. The van der Waals surface area contributed by atoms with Gasteiger partial charge in [-0.1, -0.05) is 6.07 Å². The molecule has 1 aromatic carbocycles. The van der Waals surface area contributed by atoms with Gasteiger partial charge in [-0.3, -0.25) is 0 Å². The Labute approximate surface area is 70.5 Å². The number of hydrogen-bond donors (Lipinski definition) is 1. The fourth-order valence-corrected chi connectivity index (χ4v) is 1.07. The predicted molar refractivity (Wildman–Crippen MR) is 44.1 cm³/mol. The maximum atomic E-state index is 9.38. The molecular formula is C8H9ClO2. The van der Waals surface area contributed by atoms with Crippen molar-refractivity contribution in [1.29, 1.82) is 0 Å². The van der Waals surface area contributed by atoms with Gasteiger partial charge in [0.2, 0.25) is 0 Å². The first-order valence-electron chi connectivity index (χ1n) is 3.24. The van der Waals surface area contributed by atoms with Crippen LogP contribution in [0.2, 0.25) is 0 Å². The quantitative estimate of drug-likeness (QED) is 0.706. The van der Waals surface area contributed by atoms with E-state index in [0.29, 0.717) is 11.3 Å². The number of aryl methyl sites for hydroxylation is 1. The lowest BCUT2D eigenvalue weighted by Gasteiger charge is -2.05. The van der Waals surface area contributed by atoms with Crippen molar-refractivity contribution in [3.8, 4) is 11.5 Å². The summed E-state index contributed by atoms with van der Waals surface area (Å²) in [4.78, 5) is 0. The van der Waals surface area contributed by atoms with Gasteiger partial charge in [0.25, 0.3) is 0 Å². The molecule has 1 aromatic rings. The van der Waals surface area contributed by atoms with Crippen LogP contribution in [0, 0.1) is 13.8 Å².